The number of alkyl carbamates (subject to hydrolysis) is 1. The van der Waals surface area contributed by atoms with Crippen LogP contribution < -0.4 is 20.7 Å². The number of anilines is 2. The molecule has 0 bridgehead atoms. The normalized spacial score (nSPS) is 11.7. The van der Waals surface area contributed by atoms with E-state index in [1.165, 1.54) is 0 Å². The summed E-state index contributed by atoms with van der Waals surface area (Å²) in [6.07, 6.45) is 2.62. The van der Waals surface area contributed by atoms with Crippen LogP contribution in [0.25, 0.3) is 11.3 Å². The quantitative estimate of drug-likeness (QED) is 0.253. The maximum atomic E-state index is 13.3. The Balaban J connectivity index is 1.53. The SMILES string of the molecule is CNc1nccc(-c2cccnc2Oc2ccc(NC(=O)[C@H](NC(=O)OC(C)(C)C)c3ccccc3)cc2C)n1. The fourth-order valence-corrected chi connectivity index (χ4v) is 3.83. The van der Waals surface area contributed by atoms with Crippen molar-refractivity contribution in [1.29, 1.82) is 0 Å². The summed E-state index contributed by atoms with van der Waals surface area (Å²) in [4.78, 5) is 38.9. The van der Waals surface area contributed by atoms with Crippen LogP contribution in [0.2, 0.25) is 0 Å². The van der Waals surface area contributed by atoms with Crippen molar-refractivity contribution in [2.45, 2.75) is 39.3 Å². The molecule has 4 rings (SSSR count). The van der Waals surface area contributed by atoms with Crippen molar-refractivity contribution < 1.29 is 19.1 Å². The van der Waals surface area contributed by atoms with Crippen LogP contribution in [0.15, 0.2) is 79.1 Å². The highest BCUT2D eigenvalue weighted by Gasteiger charge is 2.26. The molecular weight excluding hydrogens is 508 g/mol. The molecule has 2 amide bonds. The molecular formula is C30H32N6O4. The standard InChI is InChI=1S/C30H32N6O4/c1-19-18-21(34-26(37)25(20-10-7-6-8-11-20)36-29(38)40-30(2,3)4)13-14-24(19)39-27-22(12-9-16-32-27)23-15-17-33-28(31-5)35-23/h6-18,25H,1-5H3,(H,34,37)(H,36,38)(H,31,33,35)/t25-/m1/s1. The molecule has 0 radical (unpaired) electrons. The van der Waals surface area contributed by atoms with Gasteiger partial charge >= 0.3 is 6.09 Å². The molecule has 0 aliphatic rings. The van der Waals surface area contributed by atoms with E-state index in [1.807, 2.05) is 25.1 Å². The monoisotopic (exact) mass is 540 g/mol. The lowest BCUT2D eigenvalue weighted by Crippen LogP contribution is -2.40. The number of aromatic nitrogens is 3. The summed E-state index contributed by atoms with van der Waals surface area (Å²) in [7, 11) is 1.75. The number of hydrogen-bond donors (Lipinski definition) is 3. The zero-order valence-electron chi connectivity index (χ0n) is 23.1. The summed E-state index contributed by atoms with van der Waals surface area (Å²) < 4.78 is 11.5. The van der Waals surface area contributed by atoms with Gasteiger partial charge in [-0.1, -0.05) is 30.3 Å². The number of hydrogen-bond acceptors (Lipinski definition) is 8. The second kappa shape index (κ2) is 12.2. The number of carbonyl (C=O) groups excluding carboxylic acids is 2. The van der Waals surface area contributed by atoms with Gasteiger partial charge in [-0.3, -0.25) is 4.79 Å². The van der Waals surface area contributed by atoms with E-state index in [0.717, 1.165) is 5.56 Å². The highest BCUT2D eigenvalue weighted by Crippen LogP contribution is 2.33. The molecule has 10 heteroatoms. The third kappa shape index (κ3) is 7.31. The summed E-state index contributed by atoms with van der Waals surface area (Å²) >= 11 is 0. The second-order valence-electron chi connectivity index (χ2n) is 9.93. The fourth-order valence-electron chi connectivity index (χ4n) is 3.83. The van der Waals surface area contributed by atoms with Crippen molar-refractivity contribution in [3.63, 3.8) is 0 Å². The summed E-state index contributed by atoms with van der Waals surface area (Å²) in [5.41, 5.74) is 2.59. The highest BCUT2D eigenvalue weighted by atomic mass is 16.6. The third-order valence-corrected chi connectivity index (χ3v) is 5.63. The number of aryl methyl sites for hydroxylation is 1. The van der Waals surface area contributed by atoms with Crippen LogP contribution in [0.1, 0.15) is 37.9 Å². The average Bonchev–Trinajstić information content (AvgIpc) is 2.93. The van der Waals surface area contributed by atoms with E-state index < -0.39 is 23.6 Å². The summed E-state index contributed by atoms with van der Waals surface area (Å²) in [6.45, 7) is 7.15. The van der Waals surface area contributed by atoms with Gasteiger partial charge in [-0.05, 0) is 75.2 Å². The van der Waals surface area contributed by atoms with Crippen LogP contribution in [0.3, 0.4) is 0 Å². The van der Waals surface area contributed by atoms with Crippen LogP contribution in [0, 0.1) is 6.92 Å². The maximum absolute atomic E-state index is 13.3. The van der Waals surface area contributed by atoms with Gasteiger partial charge in [0.15, 0.2) is 0 Å². The topological polar surface area (TPSA) is 127 Å². The Bertz CT molecular complexity index is 1490. The first-order valence-corrected chi connectivity index (χ1v) is 12.7. The largest absolute Gasteiger partial charge is 0.444 e. The number of ether oxygens (including phenoxy) is 2. The van der Waals surface area contributed by atoms with E-state index in [1.54, 1.807) is 88.7 Å². The van der Waals surface area contributed by atoms with Gasteiger partial charge in [0, 0.05) is 25.1 Å². The van der Waals surface area contributed by atoms with E-state index in [-0.39, 0.29) is 0 Å². The van der Waals surface area contributed by atoms with Crippen LogP contribution in [-0.2, 0) is 9.53 Å². The van der Waals surface area contributed by atoms with Gasteiger partial charge in [0.1, 0.15) is 17.4 Å². The Morgan fingerprint density at radius 2 is 1.70 bits per heavy atom. The molecule has 0 unspecified atom stereocenters. The van der Waals surface area contributed by atoms with E-state index in [9.17, 15) is 9.59 Å². The van der Waals surface area contributed by atoms with Crippen molar-refractivity contribution in [3.05, 3.63) is 90.3 Å². The van der Waals surface area contributed by atoms with Crippen molar-refractivity contribution in [3.8, 4) is 22.9 Å². The Hall–Kier alpha value is -4.99. The molecule has 0 saturated carbocycles. The molecule has 0 aliphatic heterocycles. The zero-order valence-corrected chi connectivity index (χ0v) is 23.1. The molecule has 2 aromatic heterocycles. The van der Waals surface area contributed by atoms with Crippen molar-refractivity contribution in [2.75, 3.05) is 17.7 Å². The van der Waals surface area contributed by atoms with Crippen LogP contribution in [-0.4, -0.2) is 39.6 Å². The average molecular weight is 541 g/mol. The van der Waals surface area contributed by atoms with Crippen LogP contribution >= 0.6 is 0 Å². The predicted octanol–water partition coefficient (Wildman–Crippen LogP) is 5.89. The first-order valence-electron chi connectivity index (χ1n) is 12.7. The number of rotatable bonds is 8. The lowest BCUT2D eigenvalue weighted by Gasteiger charge is -2.23. The van der Waals surface area contributed by atoms with E-state index >= 15 is 0 Å². The fraction of sp³-hybridized carbons (Fsp3) is 0.233. The molecule has 3 N–H and O–H groups in total. The van der Waals surface area contributed by atoms with Crippen molar-refractivity contribution in [2.24, 2.45) is 0 Å². The minimum Gasteiger partial charge on any atom is -0.444 e. The smallest absolute Gasteiger partial charge is 0.408 e. The molecule has 206 valence electrons. The summed E-state index contributed by atoms with van der Waals surface area (Å²) in [5.74, 6) is 1.01. The molecule has 10 nitrogen and oxygen atoms in total. The highest BCUT2D eigenvalue weighted by molar-refractivity contribution is 5.97. The van der Waals surface area contributed by atoms with E-state index in [4.69, 9.17) is 9.47 Å². The zero-order chi connectivity index (χ0) is 28.7. The molecule has 1 atom stereocenters. The van der Waals surface area contributed by atoms with Gasteiger partial charge in [0.2, 0.25) is 11.8 Å². The molecule has 2 aromatic carbocycles. The minimum absolute atomic E-state index is 0.383. The van der Waals surface area contributed by atoms with E-state index in [2.05, 4.69) is 30.9 Å². The number of nitrogens with one attached hydrogen (secondary N) is 3. The Morgan fingerprint density at radius 1 is 0.925 bits per heavy atom. The molecule has 0 fully saturated rings. The Labute approximate surface area is 233 Å². The van der Waals surface area contributed by atoms with E-state index in [0.29, 0.717) is 40.1 Å². The maximum Gasteiger partial charge on any atom is 0.408 e. The second-order valence-corrected chi connectivity index (χ2v) is 9.93. The Kier molecular flexibility index (Phi) is 8.58. The summed E-state index contributed by atoms with van der Waals surface area (Å²) in [6, 6.07) is 18.7. The van der Waals surface area contributed by atoms with Crippen LogP contribution in [0.4, 0.5) is 16.4 Å². The molecule has 4 aromatic rings. The minimum atomic E-state index is -0.960. The number of benzene rings is 2. The van der Waals surface area contributed by atoms with Gasteiger partial charge in [0.25, 0.3) is 5.91 Å². The molecule has 2 heterocycles. The van der Waals surface area contributed by atoms with Crippen LogP contribution in [0.5, 0.6) is 11.6 Å². The van der Waals surface area contributed by atoms with Gasteiger partial charge < -0.3 is 25.4 Å². The number of carbonyl (C=O) groups is 2. The molecule has 0 aliphatic carbocycles. The van der Waals surface area contributed by atoms with Gasteiger partial charge in [-0.2, -0.15) is 0 Å². The van der Waals surface area contributed by atoms with Gasteiger partial charge in [0.05, 0.1) is 11.3 Å². The first kappa shape index (κ1) is 28.0. The van der Waals surface area contributed by atoms with Gasteiger partial charge in [-0.15, -0.1) is 0 Å². The lowest BCUT2D eigenvalue weighted by atomic mass is 10.1. The van der Waals surface area contributed by atoms with Gasteiger partial charge in [-0.25, -0.2) is 19.7 Å². The lowest BCUT2D eigenvalue weighted by molar-refractivity contribution is -0.118. The molecule has 40 heavy (non-hydrogen) atoms. The number of pyridine rings is 1. The molecule has 0 saturated heterocycles. The van der Waals surface area contributed by atoms with Crippen molar-refractivity contribution >= 4 is 23.6 Å². The third-order valence-electron chi connectivity index (χ3n) is 5.63. The Morgan fingerprint density at radius 3 is 2.40 bits per heavy atom. The summed E-state index contributed by atoms with van der Waals surface area (Å²) in [5, 5.41) is 8.49. The first-order chi connectivity index (χ1) is 19.1. The number of amides is 2. The van der Waals surface area contributed by atoms with Crippen molar-refractivity contribution in [1.82, 2.24) is 20.3 Å². The molecule has 0 spiro atoms. The predicted molar refractivity (Wildman–Crippen MR) is 153 cm³/mol. The number of nitrogens with zero attached hydrogens (tertiary/aromatic N) is 3.